The molecule has 1 amide bonds. The van der Waals surface area contributed by atoms with Crippen molar-refractivity contribution in [2.75, 3.05) is 6.61 Å². The lowest BCUT2D eigenvalue weighted by atomic mass is 10.2. The van der Waals surface area contributed by atoms with Crippen molar-refractivity contribution in [3.63, 3.8) is 0 Å². The molecule has 0 unspecified atom stereocenters. The number of carbonyl (C=O) groups is 1. The third-order valence-electron chi connectivity index (χ3n) is 1.87. The van der Waals surface area contributed by atoms with Crippen molar-refractivity contribution in [2.24, 2.45) is 0 Å². The molecule has 1 rings (SSSR count). The maximum Gasteiger partial charge on any atom is 0.284 e. The topological polar surface area (TPSA) is 38.3 Å². The van der Waals surface area contributed by atoms with Crippen LogP contribution in [0.1, 0.15) is 34.0 Å². The summed E-state index contributed by atoms with van der Waals surface area (Å²) in [4.78, 5) is 18.3. The van der Waals surface area contributed by atoms with Crippen LogP contribution >= 0.6 is 11.3 Å². The fourth-order valence-electron chi connectivity index (χ4n) is 1.17. The number of amides is 1. The molecule has 0 aromatic carbocycles. The number of nitrogens with one attached hydrogen (secondary N) is 1. The molecule has 1 aromatic heterocycles. The summed E-state index contributed by atoms with van der Waals surface area (Å²) in [6, 6.07) is 1.90. The molecule has 0 aliphatic rings. The minimum absolute atomic E-state index is 0.153. The predicted octanol–water partition coefficient (Wildman–Crippen LogP) is 2.30. The fraction of sp³-hybridized carbons (Fsp3) is 0.500. The predicted molar refractivity (Wildman–Crippen MR) is 57.5 cm³/mol. The number of hydrogen-bond acceptors (Lipinski definition) is 3. The first kappa shape index (κ1) is 11.2. The van der Waals surface area contributed by atoms with E-state index in [2.05, 4.69) is 12.4 Å². The van der Waals surface area contributed by atoms with Crippen LogP contribution in [0.2, 0.25) is 0 Å². The highest BCUT2D eigenvalue weighted by atomic mass is 32.1. The normalized spacial score (nSPS) is 10.2. The minimum atomic E-state index is -0.153. The number of hydrogen-bond donors (Lipinski definition) is 1. The van der Waals surface area contributed by atoms with Crippen LogP contribution in [0.25, 0.3) is 0 Å². The van der Waals surface area contributed by atoms with Crippen molar-refractivity contribution in [1.82, 2.24) is 5.48 Å². The van der Waals surface area contributed by atoms with Gasteiger partial charge in [-0.3, -0.25) is 9.63 Å². The Bertz CT molecular complexity index is 320. The second kappa shape index (κ2) is 5.12. The largest absolute Gasteiger partial charge is 0.284 e. The van der Waals surface area contributed by atoms with Crippen LogP contribution < -0.4 is 5.48 Å². The second-order valence-corrected chi connectivity index (χ2v) is 4.07. The van der Waals surface area contributed by atoms with Gasteiger partial charge in [0.25, 0.3) is 5.91 Å². The minimum Gasteiger partial charge on any atom is -0.274 e. The molecule has 0 bridgehead atoms. The Morgan fingerprint density at radius 1 is 1.57 bits per heavy atom. The van der Waals surface area contributed by atoms with Crippen LogP contribution in [-0.2, 0) is 11.3 Å². The molecule has 1 aromatic rings. The number of carbonyl (C=O) groups excluding carboxylic acids is 1. The summed E-state index contributed by atoms with van der Waals surface area (Å²) in [7, 11) is 0. The molecule has 78 valence electrons. The van der Waals surface area contributed by atoms with Crippen LogP contribution in [0.15, 0.2) is 6.07 Å². The number of rotatable bonds is 4. The number of thiophene rings is 1. The van der Waals surface area contributed by atoms with E-state index in [1.165, 1.54) is 21.8 Å². The van der Waals surface area contributed by atoms with Crippen LogP contribution in [0.4, 0.5) is 0 Å². The first-order valence-electron chi connectivity index (χ1n) is 4.70. The number of aryl methyl sites for hydroxylation is 2. The third-order valence-corrected chi connectivity index (χ3v) is 3.25. The van der Waals surface area contributed by atoms with Crippen molar-refractivity contribution in [3.05, 3.63) is 21.4 Å². The molecular weight excluding hydrogens is 198 g/mol. The lowest BCUT2D eigenvalue weighted by molar-refractivity contribution is 0.0368. The van der Waals surface area contributed by atoms with E-state index in [-0.39, 0.29) is 5.91 Å². The Morgan fingerprint density at radius 2 is 2.29 bits per heavy atom. The summed E-state index contributed by atoms with van der Waals surface area (Å²) in [5.74, 6) is -0.153. The zero-order valence-corrected chi connectivity index (χ0v) is 9.53. The average molecular weight is 213 g/mol. The van der Waals surface area contributed by atoms with Gasteiger partial charge < -0.3 is 0 Å². The molecule has 0 saturated carbocycles. The molecular formula is C10H15NO2S. The van der Waals surface area contributed by atoms with Crippen molar-refractivity contribution in [1.29, 1.82) is 0 Å². The van der Waals surface area contributed by atoms with E-state index in [4.69, 9.17) is 4.84 Å². The Morgan fingerprint density at radius 3 is 2.79 bits per heavy atom. The molecule has 0 fully saturated rings. The molecule has 0 atom stereocenters. The van der Waals surface area contributed by atoms with Crippen LogP contribution in [-0.4, -0.2) is 12.5 Å². The smallest absolute Gasteiger partial charge is 0.274 e. The highest BCUT2D eigenvalue weighted by Gasteiger charge is 2.10. The molecule has 0 saturated heterocycles. The summed E-state index contributed by atoms with van der Waals surface area (Å²) in [6.45, 7) is 6.42. The average Bonchev–Trinajstić information content (AvgIpc) is 2.56. The van der Waals surface area contributed by atoms with E-state index in [0.717, 1.165) is 6.42 Å². The van der Waals surface area contributed by atoms with Gasteiger partial charge in [-0.05, 0) is 31.9 Å². The summed E-state index contributed by atoms with van der Waals surface area (Å²) in [6.07, 6.45) is 0.971. The van der Waals surface area contributed by atoms with Gasteiger partial charge in [-0.1, -0.05) is 6.92 Å². The van der Waals surface area contributed by atoms with E-state index < -0.39 is 0 Å². The van der Waals surface area contributed by atoms with E-state index in [0.29, 0.717) is 11.5 Å². The lowest BCUT2D eigenvalue weighted by Gasteiger charge is -1.99. The van der Waals surface area contributed by atoms with Gasteiger partial charge in [0.1, 0.15) is 0 Å². The first-order valence-corrected chi connectivity index (χ1v) is 5.52. The van der Waals surface area contributed by atoms with Crippen LogP contribution in [0, 0.1) is 6.92 Å². The molecule has 0 radical (unpaired) electrons. The molecule has 14 heavy (non-hydrogen) atoms. The molecule has 1 N–H and O–H groups in total. The van der Waals surface area contributed by atoms with E-state index >= 15 is 0 Å². The van der Waals surface area contributed by atoms with Gasteiger partial charge in [0.15, 0.2) is 0 Å². The van der Waals surface area contributed by atoms with Gasteiger partial charge in [-0.25, -0.2) is 5.48 Å². The molecule has 0 aliphatic carbocycles. The van der Waals surface area contributed by atoms with Crippen molar-refractivity contribution < 1.29 is 9.63 Å². The summed E-state index contributed by atoms with van der Waals surface area (Å²) < 4.78 is 0. The fourth-order valence-corrected chi connectivity index (χ4v) is 2.17. The van der Waals surface area contributed by atoms with Gasteiger partial charge in [-0.2, -0.15) is 0 Å². The van der Waals surface area contributed by atoms with E-state index in [1.54, 1.807) is 0 Å². The van der Waals surface area contributed by atoms with Crippen LogP contribution in [0.3, 0.4) is 0 Å². The van der Waals surface area contributed by atoms with E-state index in [1.807, 2.05) is 19.9 Å². The zero-order valence-electron chi connectivity index (χ0n) is 8.72. The molecule has 1 heterocycles. The standard InChI is InChI=1S/C10H15NO2S/c1-4-8-7(3)6-9(14-8)10(12)11-13-5-2/h6H,4-5H2,1-3H3,(H,11,12). The van der Waals surface area contributed by atoms with Gasteiger partial charge in [0.2, 0.25) is 0 Å². The molecule has 0 aliphatic heterocycles. The monoisotopic (exact) mass is 213 g/mol. The SMILES string of the molecule is CCONC(=O)c1cc(C)c(CC)s1. The summed E-state index contributed by atoms with van der Waals surface area (Å²) in [5, 5.41) is 0. The summed E-state index contributed by atoms with van der Waals surface area (Å²) >= 11 is 1.53. The molecule has 4 heteroatoms. The van der Waals surface area contributed by atoms with Crippen LogP contribution in [0.5, 0.6) is 0 Å². The van der Waals surface area contributed by atoms with Gasteiger partial charge in [0, 0.05) is 4.88 Å². The maximum atomic E-state index is 11.5. The van der Waals surface area contributed by atoms with Gasteiger partial charge in [0.05, 0.1) is 11.5 Å². The van der Waals surface area contributed by atoms with Crippen molar-refractivity contribution in [3.8, 4) is 0 Å². The maximum absolute atomic E-state index is 11.5. The van der Waals surface area contributed by atoms with Gasteiger partial charge in [-0.15, -0.1) is 11.3 Å². The number of hydroxylamine groups is 1. The lowest BCUT2D eigenvalue weighted by Crippen LogP contribution is -2.22. The Balaban J connectivity index is 2.70. The second-order valence-electron chi connectivity index (χ2n) is 2.93. The third kappa shape index (κ3) is 2.56. The van der Waals surface area contributed by atoms with Gasteiger partial charge >= 0.3 is 0 Å². The first-order chi connectivity index (χ1) is 6.69. The summed E-state index contributed by atoms with van der Waals surface area (Å²) in [5.41, 5.74) is 3.56. The Kier molecular flexibility index (Phi) is 4.10. The molecule has 0 spiro atoms. The van der Waals surface area contributed by atoms with E-state index in [9.17, 15) is 4.79 Å². The highest BCUT2D eigenvalue weighted by molar-refractivity contribution is 7.14. The Labute approximate surface area is 88.0 Å². The van der Waals surface area contributed by atoms with Crippen molar-refractivity contribution >= 4 is 17.2 Å². The quantitative estimate of drug-likeness (QED) is 0.779. The van der Waals surface area contributed by atoms with Crippen molar-refractivity contribution in [2.45, 2.75) is 27.2 Å². The molecule has 3 nitrogen and oxygen atoms in total. The zero-order chi connectivity index (χ0) is 10.6. The Hall–Kier alpha value is -0.870. The highest BCUT2D eigenvalue weighted by Crippen LogP contribution is 2.21.